The van der Waals surface area contributed by atoms with Crippen LogP contribution in [0.4, 0.5) is 14.5 Å². The van der Waals surface area contributed by atoms with Crippen molar-refractivity contribution >= 4 is 43.7 Å². The van der Waals surface area contributed by atoms with Crippen LogP contribution in [0.15, 0.2) is 36.0 Å². The van der Waals surface area contributed by atoms with Crippen LogP contribution < -0.4 is 11.3 Å². The van der Waals surface area contributed by atoms with Crippen LogP contribution in [-0.4, -0.2) is 87.7 Å². The highest BCUT2D eigenvalue weighted by Crippen LogP contribution is 2.55. The second-order valence-corrected chi connectivity index (χ2v) is 13.3. The van der Waals surface area contributed by atoms with Gasteiger partial charge in [0.05, 0.1) is 43.9 Å². The summed E-state index contributed by atoms with van der Waals surface area (Å²) in [7, 11) is -10.2. The summed E-state index contributed by atoms with van der Waals surface area (Å²) in [6.45, 7) is -1.61. The van der Waals surface area contributed by atoms with Crippen molar-refractivity contribution in [3.05, 3.63) is 41.6 Å². The number of aromatic nitrogens is 7. The number of fused-ring (bicyclic) bond motifs is 5. The number of imidazole rings is 2. The summed E-state index contributed by atoms with van der Waals surface area (Å²) in [4.78, 5) is 52.0. The quantitative estimate of drug-likeness (QED) is 0.222. The number of anilines is 1. The maximum atomic E-state index is 15.9. The second-order valence-electron chi connectivity index (χ2n) is 10.5. The molecule has 2 saturated heterocycles. The molecular formula is C22H24F2N8O10P2. The lowest BCUT2D eigenvalue weighted by Crippen LogP contribution is -2.34. The van der Waals surface area contributed by atoms with Crippen LogP contribution in [0.1, 0.15) is 18.7 Å². The fraction of sp³-hybridized carbons (Fsp3) is 0.500. The van der Waals surface area contributed by atoms with Crippen LogP contribution in [0.3, 0.4) is 0 Å². The molecule has 4 aromatic rings. The first kappa shape index (κ1) is 29.5. The topological polar surface area (TPSA) is 241 Å². The first-order chi connectivity index (χ1) is 20.9. The molecule has 7 rings (SSSR count). The van der Waals surface area contributed by atoms with E-state index in [2.05, 4.69) is 24.9 Å². The highest BCUT2D eigenvalue weighted by atomic mass is 31.2. The molecule has 4 aromatic heterocycles. The summed E-state index contributed by atoms with van der Waals surface area (Å²) < 4.78 is 86.6. The van der Waals surface area contributed by atoms with E-state index in [0.29, 0.717) is 0 Å². The number of hydrogen-bond donors (Lipinski definition) is 4. The maximum absolute atomic E-state index is 15.9. The van der Waals surface area contributed by atoms with E-state index in [4.69, 9.17) is 28.6 Å². The summed E-state index contributed by atoms with van der Waals surface area (Å²) in [6.07, 6.45) is -6.17. The van der Waals surface area contributed by atoms with Crippen molar-refractivity contribution in [3.8, 4) is 0 Å². The normalized spacial score (nSPS) is 38.3. The minimum atomic E-state index is -5.11. The van der Waals surface area contributed by atoms with Gasteiger partial charge in [-0.3, -0.25) is 27.5 Å². The molecule has 1 aliphatic carbocycles. The Balaban J connectivity index is 1.20. The van der Waals surface area contributed by atoms with E-state index < -0.39 is 83.3 Å². The number of aromatic amines is 1. The van der Waals surface area contributed by atoms with Crippen molar-refractivity contribution in [2.24, 2.45) is 5.92 Å². The molecule has 2 bridgehead atoms. The van der Waals surface area contributed by atoms with Gasteiger partial charge in [0.2, 0.25) is 0 Å². The molecule has 18 nitrogen and oxygen atoms in total. The second kappa shape index (κ2) is 10.7. The van der Waals surface area contributed by atoms with Crippen LogP contribution in [0.25, 0.3) is 22.3 Å². The van der Waals surface area contributed by atoms with Crippen LogP contribution in [0.5, 0.6) is 0 Å². The number of phosphoric ester groups is 2. The summed E-state index contributed by atoms with van der Waals surface area (Å²) >= 11 is 0. The average molecular weight is 660 g/mol. The molecule has 5 N–H and O–H groups in total. The van der Waals surface area contributed by atoms with Crippen molar-refractivity contribution < 1.29 is 50.5 Å². The van der Waals surface area contributed by atoms with Gasteiger partial charge in [0.15, 0.2) is 29.2 Å². The molecule has 0 radical (unpaired) electrons. The number of alkyl halides is 2. The molecule has 0 aromatic carbocycles. The number of H-pyrrole nitrogens is 1. The zero-order chi connectivity index (χ0) is 31.0. The van der Waals surface area contributed by atoms with Crippen molar-refractivity contribution in [1.82, 2.24) is 34.1 Å². The minimum absolute atomic E-state index is 0.0394. The van der Waals surface area contributed by atoms with E-state index in [1.807, 2.05) is 0 Å². The predicted octanol–water partition coefficient (Wildman–Crippen LogP) is 1.30. The Labute approximate surface area is 244 Å². The summed E-state index contributed by atoms with van der Waals surface area (Å²) in [5.74, 6) is -1.19. The van der Waals surface area contributed by atoms with E-state index in [-0.39, 0.29) is 34.4 Å². The number of phosphoric acid groups is 2. The number of ether oxygens (including phenoxy) is 1. The largest absolute Gasteiger partial charge is 0.472 e. The molecule has 3 aliphatic rings. The van der Waals surface area contributed by atoms with E-state index in [1.165, 1.54) is 34.1 Å². The van der Waals surface area contributed by atoms with Crippen molar-refractivity contribution in [2.75, 3.05) is 18.9 Å². The molecule has 3 fully saturated rings. The summed E-state index contributed by atoms with van der Waals surface area (Å²) in [5, 5.41) is 0. The third-order valence-corrected chi connectivity index (χ3v) is 9.78. The number of nitrogens with two attached hydrogens (primary N) is 1. The van der Waals surface area contributed by atoms with E-state index >= 15 is 8.78 Å². The average Bonchev–Trinajstić information content (AvgIpc) is 3.73. The van der Waals surface area contributed by atoms with Gasteiger partial charge in [0.1, 0.15) is 30.0 Å². The number of nitrogens with zero attached hydrogens (tertiary/aromatic N) is 6. The molecule has 0 spiro atoms. The fourth-order valence-corrected chi connectivity index (χ4v) is 7.73. The zero-order valence-electron chi connectivity index (χ0n) is 22.2. The van der Waals surface area contributed by atoms with Crippen LogP contribution in [0, 0.1) is 5.92 Å². The van der Waals surface area contributed by atoms with Crippen molar-refractivity contribution in [2.45, 2.75) is 49.3 Å². The standard InChI is InChI=1S/C22H24F2N8O10P2/c23-13-9-3-11(31-7-30-16-20(31)27-6-28-21(16)33)17(13)41-44(36,37)39-5-12-18(42-43(34,35)38-4-9)14(24)22(40-12)32-8-29-15-10(25)1-2-26-19(15)32/h1-2,6-9,11-14,17-18,22H,3-5H2,(H2,25,26)(H,34,35)(H,36,37)(H,27,28,33)/t9-,11-,12-,13?,14+,17-,18?,22-/m1/s1. The van der Waals surface area contributed by atoms with Gasteiger partial charge < -0.3 is 29.8 Å². The molecule has 0 amide bonds. The Morgan fingerprint density at radius 2 is 1.61 bits per heavy atom. The van der Waals surface area contributed by atoms with Crippen molar-refractivity contribution in [1.29, 1.82) is 0 Å². The molecule has 22 heteroatoms. The van der Waals surface area contributed by atoms with Crippen LogP contribution >= 0.6 is 15.6 Å². The number of halogens is 2. The van der Waals surface area contributed by atoms with E-state index in [0.717, 1.165) is 6.33 Å². The zero-order valence-corrected chi connectivity index (χ0v) is 24.0. The number of rotatable bonds is 2. The highest BCUT2D eigenvalue weighted by molar-refractivity contribution is 7.47. The Hall–Kier alpha value is -3.19. The van der Waals surface area contributed by atoms with Gasteiger partial charge in [-0.2, -0.15) is 0 Å². The lowest BCUT2D eigenvalue weighted by Gasteiger charge is -2.26. The van der Waals surface area contributed by atoms with E-state index in [9.17, 15) is 23.7 Å². The lowest BCUT2D eigenvalue weighted by atomic mass is 10.1. The van der Waals surface area contributed by atoms with Gasteiger partial charge in [0, 0.05) is 12.1 Å². The minimum Gasteiger partial charge on any atom is -0.397 e. The maximum Gasteiger partial charge on any atom is 0.472 e. The van der Waals surface area contributed by atoms with Gasteiger partial charge in [0.25, 0.3) is 5.56 Å². The first-order valence-electron chi connectivity index (χ1n) is 13.1. The SMILES string of the molecule is Nc1ccnc2c1ncn2[C@@H]1O[C@@H]2COP(=O)(O)O[C@H]3C(F)[C@@H](COP(=O)(O)OC2[C@@H]1F)C[C@H]3n1cnc2c(=O)[nH]cnc21. The number of nitrogen functional groups attached to an aromatic ring is 1. The summed E-state index contributed by atoms with van der Waals surface area (Å²) in [6, 6.07) is 0.409. The van der Waals surface area contributed by atoms with Gasteiger partial charge >= 0.3 is 15.6 Å². The smallest absolute Gasteiger partial charge is 0.397 e. The molecular weight excluding hydrogens is 636 g/mol. The Morgan fingerprint density at radius 1 is 0.932 bits per heavy atom. The van der Waals surface area contributed by atoms with Crippen molar-refractivity contribution in [3.63, 3.8) is 0 Å². The van der Waals surface area contributed by atoms with Gasteiger partial charge in [-0.25, -0.2) is 37.8 Å². The number of nitrogens with one attached hydrogen (secondary N) is 1. The van der Waals surface area contributed by atoms with Gasteiger partial charge in [-0.05, 0) is 12.5 Å². The third-order valence-electron chi connectivity index (χ3n) is 7.81. The highest BCUT2D eigenvalue weighted by Gasteiger charge is 2.54. The fourth-order valence-electron chi connectivity index (χ4n) is 5.76. The van der Waals surface area contributed by atoms with Gasteiger partial charge in [-0.1, -0.05) is 0 Å². The molecule has 6 heterocycles. The molecule has 44 heavy (non-hydrogen) atoms. The van der Waals surface area contributed by atoms with Crippen LogP contribution in [-0.2, 0) is 32.0 Å². The molecule has 236 valence electrons. The predicted molar refractivity (Wildman–Crippen MR) is 142 cm³/mol. The van der Waals surface area contributed by atoms with E-state index in [1.54, 1.807) is 0 Å². The lowest BCUT2D eigenvalue weighted by molar-refractivity contribution is -0.0491. The first-order valence-corrected chi connectivity index (χ1v) is 16.1. The van der Waals surface area contributed by atoms with Crippen LogP contribution in [0.2, 0.25) is 0 Å². The Morgan fingerprint density at radius 3 is 2.41 bits per heavy atom. The third kappa shape index (κ3) is 5.05. The van der Waals surface area contributed by atoms with Gasteiger partial charge in [-0.15, -0.1) is 0 Å². The number of hydrogen-bond acceptors (Lipinski definition) is 13. The molecule has 1 saturated carbocycles. The molecule has 4 unspecified atom stereocenters. The Kier molecular flexibility index (Phi) is 7.19. The number of pyridine rings is 1. The molecule has 10 atom stereocenters. The summed E-state index contributed by atoms with van der Waals surface area (Å²) in [5.41, 5.74) is 5.93. The molecule has 2 aliphatic heterocycles. The monoisotopic (exact) mass is 660 g/mol. The Bertz CT molecular complexity index is 1890.